The van der Waals surface area contributed by atoms with Gasteiger partial charge in [-0.15, -0.1) is 0 Å². The summed E-state index contributed by atoms with van der Waals surface area (Å²) in [4.78, 5) is 0. The third kappa shape index (κ3) is 3.27. The number of hydrogen-bond acceptors (Lipinski definition) is 1. The van der Waals surface area contributed by atoms with Gasteiger partial charge in [0.25, 0.3) is 0 Å². The molecule has 30 heavy (non-hydrogen) atoms. The molecule has 0 heterocycles. The fourth-order valence-corrected chi connectivity index (χ4v) is 9.91. The second-order valence-electron chi connectivity index (χ2n) is 13.1. The van der Waals surface area contributed by atoms with Crippen LogP contribution in [0.5, 0.6) is 0 Å². The van der Waals surface area contributed by atoms with Gasteiger partial charge >= 0.3 is 0 Å². The quantitative estimate of drug-likeness (QED) is 0.460. The van der Waals surface area contributed by atoms with Gasteiger partial charge in [0.2, 0.25) is 0 Å². The van der Waals surface area contributed by atoms with E-state index in [-0.39, 0.29) is 6.10 Å². The van der Waals surface area contributed by atoms with Crippen molar-refractivity contribution in [1.82, 2.24) is 0 Å². The van der Waals surface area contributed by atoms with E-state index in [1.165, 1.54) is 57.8 Å². The number of hydrogen-bond donors (Lipinski definition) is 1. The molecule has 4 fully saturated rings. The van der Waals surface area contributed by atoms with Crippen LogP contribution >= 0.6 is 0 Å². The van der Waals surface area contributed by atoms with E-state index in [1.807, 2.05) is 0 Å². The first-order chi connectivity index (χ1) is 14.3. The van der Waals surface area contributed by atoms with E-state index in [0.29, 0.717) is 10.8 Å². The summed E-state index contributed by atoms with van der Waals surface area (Å²) in [5.74, 6) is 7.64. The van der Waals surface area contributed by atoms with Gasteiger partial charge in [0, 0.05) is 0 Å². The maximum Gasteiger partial charge on any atom is 0.0577 e. The minimum Gasteiger partial charge on any atom is -0.393 e. The Morgan fingerprint density at radius 3 is 2.57 bits per heavy atom. The molecule has 5 aliphatic rings. The summed E-state index contributed by atoms with van der Waals surface area (Å²) in [5.41, 5.74) is 2.60. The maximum absolute atomic E-state index is 10.3. The van der Waals surface area contributed by atoms with E-state index < -0.39 is 0 Å². The van der Waals surface area contributed by atoms with Gasteiger partial charge in [-0.2, -0.15) is 0 Å². The van der Waals surface area contributed by atoms with E-state index >= 15 is 0 Å². The molecule has 0 aromatic heterocycles. The van der Waals surface area contributed by atoms with Crippen LogP contribution in [0.25, 0.3) is 0 Å². The van der Waals surface area contributed by atoms with Crippen molar-refractivity contribution < 1.29 is 5.11 Å². The highest BCUT2D eigenvalue weighted by Gasteiger charge is 2.59. The van der Waals surface area contributed by atoms with Crippen LogP contribution < -0.4 is 0 Å². The average Bonchev–Trinajstić information content (AvgIpc) is 3.32. The van der Waals surface area contributed by atoms with Crippen molar-refractivity contribution in [3.8, 4) is 0 Å². The van der Waals surface area contributed by atoms with Gasteiger partial charge in [0.05, 0.1) is 6.10 Å². The van der Waals surface area contributed by atoms with Crippen LogP contribution in [0.4, 0.5) is 0 Å². The van der Waals surface area contributed by atoms with Gasteiger partial charge in [-0.3, -0.25) is 0 Å². The summed E-state index contributed by atoms with van der Waals surface area (Å²) in [6.07, 6.45) is 17.3. The van der Waals surface area contributed by atoms with Crippen LogP contribution in [0.15, 0.2) is 11.6 Å². The van der Waals surface area contributed by atoms with Gasteiger partial charge < -0.3 is 5.11 Å². The molecule has 5 aliphatic carbocycles. The summed E-state index contributed by atoms with van der Waals surface area (Å²) in [7, 11) is 0. The van der Waals surface area contributed by atoms with Crippen LogP contribution in [0.3, 0.4) is 0 Å². The molecule has 11 atom stereocenters. The lowest BCUT2D eigenvalue weighted by molar-refractivity contribution is -0.0582. The topological polar surface area (TPSA) is 20.2 Å². The molecular formula is C29H48O. The largest absolute Gasteiger partial charge is 0.393 e. The lowest BCUT2D eigenvalue weighted by Gasteiger charge is -2.58. The van der Waals surface area contributed by atoms with E-state index in [1.54, 1.807) is 5.57 Å². The zero-order valence-corrected chi connectivity index (χ0v) is 20.5. The van der Waals surface area contributed by atoms with Crippen molar-refractivity contribution in [1.29, 1.82) is 0 Å². The van der Waals surface area contributed by atoms with Crippen molar-refractivity contribution in [3.05, 3.63) is 11.6 Å². The first-order valence-corrected chi connectivity index (χ1v) is 13.7. The third-order valence-electron chi connectivity index (χ3n) is 11.8. The Bertz CT molecular complexity index is 680. The lowest BCUT2D eigenvalue weighted by Crippen LogP contribution is -2.50. The number of allylic oxidation sites excluding steroid dienone is 1. The van der Waals surface area contributed by atoms with E-state index in [2.05, 4.69) is 40.7 Å². The fraction of sp³-hybridized carbons (Fsp3) is 0.931. The van der Waals surface area contributed by atoms with Crippen molar-refractivity contribution in [2.45, 2.75) is 111 Å². The predicted octanol–water partition coefficient (Wildman–Crippen LogP) is 7.63. The molecule has 1 N–H and O–H groups in total. The van der Waals surface area contributed by atoms with Crippen molar-refractivity contribution in [2.24, 2.45) is 58.2 Å². The van der Waals surface area contributed by atoms with Gasteiger partial charge in [0.15, 0.2) is 0 Å². The monoisotopic (exact) mass is 412 g/mol. The molecule has 1 heteroatoms. The van der Waals surface area contributed by atoms with Crippen LogP contribution in [0.2, 0.25) is 0 Å². The summed E-state index contributed by atoms with van der Waals surface area (Å²) < 4.78 is 0. The molecule has 1 nitrogen and oxygen atoms in total. The molecule has 5 rings (SSSR count). The molecule has 4 saturated carbocycles. The van der Waals surface area contributed by atoms with E-state index in [4.69, 9.17) is 0 Å². The Labute approximate surface area is 186 Å². The molecule has 0 saturated heterocycles. The first-order valence-electron chi connectivity index (χ1n) is 13.7. The zero-order valence-electron chi connectivity index (χ0n) is 20.5. The molecule has 11 unspecified atom stereocenters. The Hall–Kier alpha value is -0.300. The second kappa shape index (κ2) is 7.64. The van der Waals surface area contributed by atoms with Crippen molar-refractivity contribution in [2.75, 3.05) is 0 Å². The Morgan fingerprint density at radius 2 is 1.87 bits per heavy atom. The smallest absolute Gasteiger partial charge is 0.0577 e. The standard InChI is InChI=1S/C29H48O/c1-6-20(24-16-18(24)2)15-19(3)25-9-10-26-23-8-7-21-17-22(30)11-13-28(21,4)27(23)12-14-29(25,26)5/h7,18-20,22-27,30H,6,8-17H2,1-5H3. The molecule has 0 bridgehead atoms. The number of aliphatic hydroxyl groups is 1. The van der Waals surface area contributed by atoms with Gasteiger partial charge in [0.1, 0.15) is 0 Å². The van der Waals surface area contributed by atoms with Crippen LogP contribution in [0, 0.1) is 58.2 Å². The third-order valence-corrected chi connectivity index (χ3v) is 11.8. The van der Waals surface area contributed by atoms with Gasteiger partial charge in [-0.05, 0) is 122 Å². The minimum atomic E-state index is -0.0767. The summed E-state index contributed by atoms with van der Waals surface area (Å²) in [6, 6.07) is 0. The first kappa shape index (κ1) is 21.5. The second-order valence-corrected chi connectivity index (χ2v) is 13.1. The highest BCUT2D eigenvalue weighted by Crippen LogP contribution is 2.67. The van der Waals surface area contributed by atoms with Crippen molar-refractivity contribution in [3.63, 3.8) is 0 Å². The molecule has 0 aliphatic heterocycles. The zero-order chi connectivity index (χ0) is 21.3. The molecule has 0 aromatic rings. The summed E-state index contributed by atoms with van der Waals surface area (Å²) in [6.45, 7) is 12.8. The molecular weight excluding hydrogens is 364 g/mol. The van der Waals surface area contributed by atoms with Crippen LogP contribution in [-0.4, -0.2) is 11.2 Å². The van der Waals surface area contributed by atoms with E-state index in [9.17, 15) is 5.11 Å². The molecule has 0 radical (unpaired) electrons. The normalized spacial score (nSPS) is 51.9. The number of rotatable bonds is 5. The Morgan fingerprint density at radius 1 is 1.10 bits per heavy atom. The number of fused-ring (bicyclic) bond motifs is 5. The lowest BCUT2D eigenvalue weighted by atomic mass is 9.47. The van der Waals surface area contributed by atoms with E-state index in [0.717, 1.165) is 60.2 Å². The molecule has 0 spiro atoms. The minimum absolute atomic E-state index is 0.0767. The Kier molecular flexibility index (Phi) is 5.48. The maximum atomic E-state index is 10.3. The molecule has 0 amide bonds. The van der Waals surface area contributed by atoms with Crippen molar-refractivity contribution >= 4 is 0 Å². The highest BCUT2D eigenvalue weighted by atomic mass is 16.3. The molecule has 170 valence electrons. The average molecular weight is 413 g/mol. The Balaban J connectivity index is 1.33. The highest BCUT2D eigenvalue weighted by molar-refractivity contribution is 5.25. The fourth-order valence-electron chi connectivity index (χ4n) is 9.91. The SMILES string of the molecule is CCC(CC(C)C1CCC2C3CC=C4CC(O)CCC4(C)C3CCC12C)C1CC1C. The summed E-state index contributed by atoms with van der Waals surface area (Å²) >= 11 is 0. The molecule has 0 aromatic carbocycles. The van der Waals surface area contributed by atoms with Crippen LogP contribution in [0.1, 0.15) is 105 Å². The van der Waals surface area contributed by atoms with Gasteiger partial charge in [-0.1, -0.05) is 52.7 Å². The summed E-state index contributed by atoms with van der Waals surface area (Å²) in [5, 5.41) is 10.3. The predicted molar refractivity (Wildman–Crippen MR) is 126 cm³/mol. The van der Waals surface area contributed by atoms with Crippen LogP contribution in [-0.2, 0) is 0 Å². The number of aliphatic hydroxyl groups excluding tert-OH is 1. The van der Waals surface area contributed by atoms with Gasteiger partial charge in [-0.25, -0.2) is 0 Å².